The summed E-state index contributed by atoms with van der Waals surface area (Å²) in [6, 6.07) is 6.32. The van der Waals surface area contributed by atoms with Crippen LogP contribution in [0.25, 0.3) is 0 Å². The average molecular weight is 232 g/mol. The molecule has 0 heterocycles. The molecule has 0 saturated heterocycles. The van der Waals surface area contributed by atoms with Crippen molar-refractivity contribution in [1.82, 2.24) is 4.90 Å². The number of likely N-dealkylation sites (N-methyl/N-ethyl adjacent to an activating group) is 1. The second-order valence-electron chi connectivity index (χ2n) is 4.44. The van der Waals surface area contributed by atoms with Crippen LogP contribution in [0.1, 0.15) is 25.0 Å². The zero-order valence-corrected chi connectivity index (χ0v) is 11.5. The smallest absolute Gasteiger partial charge is 0.0414 e. The summed E-state index contributed by atoms with van der Waals surface area (Å²) in [5, 5.41) is 3.41. The topological polar surface area (TPSA) is 15.3 Å². The van der Waals surface area contributed by atoms with E-state index >= 15 is 0 Å². The van der Waals surface area contributed by atoms with Crippen molar-refractivity contribution in [3.63, 3.8) is 0 Å². The molecule has 0 radical (unpaired) electrons. The van der Waals surface area contributed by atoms with Gasteiger partial charge in [-0.15, -0.1) is 0 Å². The molecule has 0 fully saturated rings. The average Bonchev–Trinajstić information content (AvgIpc) is 2.32. The first-order valence-corrected chi connectivity index (χ1v) is 6.31. The van der Waals surface area contributed by atoms with Crippen LogP contribution in [0.15, 0.2) is 30.5 Å². The lowest BCUT2D eigenvalue weighted by Gasteiger charge is -2.21. The normalized spacial score (nSPS) is 10.6. The molecule has 0 aromatic heterocycles. The molecular weight excluding hydrogens is 208 g/mol. The number of anilines is 1. The first-order chi connectivity index (χ1) is 8.08. The zero-order chi connectivity index (χ0) is 12.8. The van der Waals surface area contributed by atoms with Gasteiger partial charge in [0, 0.05) is 17.9 Å². The maximum absolute atomic E-state index is 4.10. The van der Waals surface area contributed by atoms with Gasteiger partial charge in [0.1, 0.15) is 0 Å². The molecule has 0 atom stereocenters. The van der Waals surface area contributed by atoms with Gasteiger partial charge in [-0.3, -0.25) is 4.90 Å². The lowest BCUT2D eigenvalue weighted by molar-refractivity contribution is 0.331. The first-order valence-electron chi connectivity index (χ1n) is 6.31. The molecule has 1 rings (SSSR count). The second-order valence-corrected chi connectivity index (χ2v) is 4.44. The molecule has 0 aliphatic heterocycles. The minimum atomic E-state index is 0.903. The monoisotopic (exact) mass is 232 g/mol. The number of nitrogens with zero attached hydrogens (tertiary/aromatic N) is 1. The van der Waals surface area contributed by atoms with E-state index in [9.17, 15) is 0 Å². The predicted octanol–water partition coefficient (Wildman–Crippen LogP) is 3.57. The van der Waals surface area contributed by atoms with E-state index in [0.717, 1.165) is 25.3 Å². The van der Waals surface area contributed by atoms with Crippen LogP contribution in [0.3, 0.4) is 0 Å². The van der Waals surface area contributed by atoms with Gasteiger partial charge < -0.3 is 5.32 Å². The molecule has 0 aliphatic rings. The van der Waals surface area contributed by atoms with Gasteiger partial charge >= 0.3 is 0 Å². The Balaban J connectivity index is 2.65. The minimum absolute atomic E-state index is 0.903. The molecule has 1 aromatic rings. The first kappa shape index (κ1) is 13.8. The summed E-state index contributed by atoms with van der Waals surface area (Å²) in [6.07, 6.45) is 0. The quantitative estimate of drug-likeness (QED) is 0.806. The maximum Gasteiger partial charge on any atom is 0.0414 e. The van der Waals surface area contributed by atoms with E-state index < -0.39 is 0 Å². The predicted molar refractivity (Wildman–Crippen MR) is 76.5 cm³/mol. The van der Waals surface area contributed by atoms with E-state index in [1.165, 1.54) is 16.8 Å². The number of aryl methyl sites for hydroxylation is 1. The fourth-order valence-corrected chi connectivity index (χ4v) is 1.83. The van der Waals surface area contributed by atoms with E-state index in [4.69, 9.17) is 0 Å². The van der Waals surface area contributed by atoms with Crippen LogP contribution in [0, 0.1) is 13.8 Å². The Hall–Kier alpha value is -1.28. The SMILES string of the molecule is C=C(CN(CC)CC)Nc1cccc(C)c1C. The van der Waals surface area contributed by atoms with Crippen molar-refractivity contribution in [3.8, 4) is 0 Å². The van der Waals surface area contributed by atoms with Crippen LogP contribution in [-0.4, -0.2) is 24.5 Å². The van der Waals surface area contributed by atoms with Crippen LogP contribution >= 0.6 is 0 Å². The molecule has 0 spiro atoms. The van der Waals surface area contributed by atoms with Crippen LogP contribution in [0.2, 0.25) is 0 Å². The van der Waals surface area contributed by atoms with Crippen LogP contribution in [-0.2, 0) is 0 Å². The van der Waals surface area contributed by atoms with Crippen molar-refractivity contribution in [3.05, 3.63) is 41.6 Å². The molecule has 0 saturated carbocycles. The van der Waals surface area contributed by atoms with Crippen LogP contribution in [0.5, 0.6) is 0 Å². The third-order valence-electron chi connectivity index (χ3n) is 3.22. The molecule has 2 nitrogen and oxygen atoms in total. The highest BCUT2D eigenvalue weighted by atomic mass is 15.1. The van der Waals surface area contributed by atoms with E-state index in [1.54, 1.807) is 0 Å². The van der Waals surface area contributed by atoms with Gasteiger partial charge in [0.25, 0.3) is 0 Å². The molecule has 2 heteroatoms. The summed E-state index contributed by atoms with van der Waals surface area (Å²) in [7, 11) is 0. The fourth-order valence-electron chi connectivity index (χ4n) is 1.83. The Kier molecular flexibility index (Phi) is 5.23. The Morgan fingerprint density at radius 1 is 1.24 bits per heavy atom. The van der Waals surface area contributed by atoms with Gasteiger partial charge in [-0.25, -0.2) is 0 Å². The van der Waals surface area contributed by atoms with Gasteiger partial charge in [-0.05, 0) is 44.1 Å². The molecule has 0 amide bonds. The van der Waals surface area contributed by atoms with Crippen molar-refractivity contribution in [1.29, 1.82) is 0 Å². The van der Waals surface area contributed by atoms with Gasteiger partial charge in [-0.2, -0.15) is 0 Å². The minimum Gasteiger partial charge on any atom is -0.358 e. The Labute approximate surface area is 105 Å². The molecule has 17 heavy (non-hydrogen) atoms. The van der Waals surface area contributed by atoms with E-state index in [2.05, 4.69) is 62.7 Å². The number of hydrogen-bond donors (Lipinski definition) is 1. The Bertz CT molecular complexity index is 379. The number of nitrogens with one attached hydrogen (secondary N) is 1. The van der Waals surface area contributed by atoms with Crippen molar-refractivity contribution >= 4 is 5.69 Å². The number of rotatable bonds is 6. The summed E-state index contributed by atoms with van der Waals surface area (Å²) in [4.78, 5) is 2.35. The van der Waals surface area contributed by atoms with Crippen LogP contribution in [0.4, 0.5) is 5.69 Å². The Morgan fingerprint density at radius 2 is 1.88 bits per heavy atom. The molecule has 0 unspecified atom stereocenters. The molecule has 1 aromatic carbocycles. The van der Waals surface area contributed by atoms with Crippen molar-refractivity contribution in [2.45, 2.75) is 27.7 Å². The highest BCUT2D eigenvalue weighted by molar-refractivity contribution is 5.56. The van der Waals surface area contributed by atoms with E-state index in [-0.39, 0.29) is 0 Å². The highest BCUT2D eigenvalue weighted by Crippen LogP contribution is 2.19. The lowest BCUT2D eigenvalue weighted by Crippen LogP contribution is -2.27. The largest absolute Gasteiger partial charge is 0.358 e. The summed E-state index contributed by atoms with van der Waals surface area (Å²) in [6.45, 7) is 15.8. The molecule has 0 bridgehead atoms. The molecule has 0 aliphatic carbocycles. The molecular formula is C15H24N2. The van der Waals surface area contributed by atoms with Crippen molar-refractivity contribution in [2.75, 3.05) is 25.0 Å². The highest BCUT2D eigenvalue weighted by Gasteiger charge is 2.04. The fraction of sp³-hybridized carbons (Fsp3) is 0.467. The third-order valence-corrected chi connectivity index (χ3v) is 3.22. The standard InChI is InChI=1S/C15H24N2/c1-6-17(7-2)11-13(4)16-15-10-8-9-12(3)14(15)5/h8-10,16H,4,6-7,11H2,1-3,5H3. The zero-order valence-electron chi connectivity index (χ0n) is 11.5. The summed E-state index contributed by atoms with van der Waals surface area (Å²) in [5.41, 5.74) is 4.84. The van der Waals surface area contributed by atoms with Gasteiger partial charge in [0.15, 0.2) is 0 Å². The lowest BCUT2D eigenvalue weighted by atomic mass is 10.1. The van der Waals surface area contributed by atoms with Gasteiger partial charge in [0.05, 0.1) is 0 Å². The second kappa shape index (κ2) is 6.45. The van der Waals surface area contributed by atoms with Crippen molar-refractivity contribution < 1.29 is 0 Å². The third kappa shape index (κ3) is 3.90. The maximum atomic E-state index is 4.10. The van der Waals surface area contributed by atoms with E-state index in [0.29, 0.717) is 0 Å². The van der Waals surface area contributed by atoms with Crippen LogP contribution < -0.4 is 5.32 Å². The summed E-state index contributed by atoms with van der Waals surface area (Å²) >= 11 is 0. The molecule has 1 N–H and O–H groups in total. The number of hydrogen-bond acceptors (Lipinski definition) is 2. The van der Waals surface area contributed by atoms with E-state index in [1.807, 2.05) is 0 Å². The van der Waals surface area contributed by atoms with Crippen molar-refractivity contribution in [2.24, 2.45) is 0 Å². The van der Waals surface area contributed by atoms with Gasteiger partial charge in [-0.1, -0.05) is 32.6 Å². The number of benzene rings is 1. The summed E-state index contributed by atoms with van der Waals surface area (Å²) < 4.78 is 0. The van der Waals surface area contributed by atoms with Gasteiger partial charge in [0.2, 0.25) is 0 Å². The molecule has 94 valence electrons. The Morgan fingerprint density at radius 3 is 2.47 bits per heavy atom. The summed E-state index contributed by atoms with van der Waals surface area (Å²) in [5.74, 6) is 0.